The number of Topliss-reactive ketones (excluding diaryl/α,β-unsaturated/α-hetero) is 1. The predicted molar refractivity (Wildman–Crippen MR) is 126 cm³/mol. The molecule has 2 aromatic rings. The summed E-state index contributed by atoms with van der Waals surface area (Å²) in [6.07, 6.45) is 1.79. The van der Waals surface area contributed by atoms with Crippen LogP contribution >= 0.6 is 11.6 Å². The number of halogens is 1. The van der Waals surface area contributed by atoms with Crippen LogP contribution in [-0.2, 0) is 20.2 Å². The van der Waals surface area contributed by atoms with Crippen molar-refractivity contribution in [1.29, 1.82) is 0 Å². The highest BCUT2D eigenvalue weighted by molar-refractivity contribution is 7.88. The van der Waals surface area contributed by atoms with E-state index >= 15 is 0 Å². The van der Waals surface area contributed by atoms with E-state index in [9.17, 15) is 13.2 Å². The average Bonchev–Trinajstić information content (AvgIpc) is 2.76. The molecule has 0 spiro atoms. The zero-order chi connectivity index (χ0) is 23.8. The smallest absolute Gasteiger partial charge is 0.209 e. The molecular weight excluding hydrogens is 454 g/mol. The molecule has 9 heteroatoms. The molecule has 0 saturated carbocycles. The van der Waals surface area contributed by atoms with Crippen molar-refractivity contribution in [3.63, 3.8) is 0 Å². The van der Waals surface area contributed by atoms with Crippen LogP contribution < -0.4 is 18.9 Å². The molecule has 0 aliphatic carbocycles. The van der Waals surface area contributed by atoms with Gasteiger partial charge in [0.05, 0.1) is 26.5 Å². The Bertz CT molecular complexity index is 1010. The maximum absolute atomic E-state index is 11.8. The highest BCUT2D eigenvalue weighted by Gasteiger charge is 2.27. The molecule has 176 valence electrons. The normalized spacial score (nSPS) is 11.8. The maximum Gasteiger partial charge on any atom is 0.209 e. The van der Waals surface area contributed by atoms with E-state index in [0.717, 1.165) is 29.6 Å². The minimum absolute atomic E-state index is 0.250. The number of alkyl halides is 1. The Balaban J connectivity index is 2.11. The molecule has 0 aromatic heterocycles. The molecule has 32 heavy (non-hydrogen) atoms. The molecule has 0 saturated heterocycles. The first-order valence-corrected chi connectivity index (χ1v) is 12.6. The number of carbonyl (C=O) groups excluding carboxylic acids is 1. The zero-order valence-electron chi connectivity index (χ0n) is 18.8. The van der Waals surface area contributed by atoms with Crippen molar-refractivity contribution in [1.82, 2.24) is 4.72 Å². The van der Waals surface area contributed by atoms with Crippen molar-refractivity contribution in [2.45, 2.75) is 25.7 Å². The number of nitrogens with one attached hydrogen (secondary N) is 1. The van der Waals surface area contributed by atoms with Crippen LogP contribution in [-0.4, -0.2) is 53.2 Å². The Morgan fingerprint density at radius 2 is 1.72 bits per heavy atom. The standard InChI is InChI=1S/C23H30ClNO6S/c1-23(2,17-6-8-19(9-7-17)30-13-5-12-24)21-11-10-20(14-22(21)29-3)31-16-18(26)15-25-32(4,27)28/h6-11,14,25H,5,12-13,15-16H2,1-4H3. The van der Waals surface area contributed by atoms with E-state index in [4.69, 9.17) is 25.8 Å². The van der Waals surface area contributed by atoms with Crippen molar-refractivity contribution in [2.24, 2.45) is 0 Å². The molecule has 2 rings (SSSR count). The molecular formula is C23H30ClNO6S. The number of hydrogen-bond acceptors (Lipinski definition) is 6. The number of benzene rings is 2. The van der Waals surface area contributed by atoms with E-state index in [2.05, 4.69) is 18.6 Å². The van der Waals surface area contributed by atoms with Gasteiger partial charge in [-0.25, -0.2) is 13.1 Å². The predicted octanol–water partition coefficient (Wildman–Crippen LogP) is 3.53. The fraction of sp³-hybridized carbons (Fsp3) is 0.435. The Hall–Kier alpha value is -2.29. The molecule has 0 bridgehead atoms. The highest BCUT2D eigenvalue weighted by Crippen LogP contribution is 2.39. The third-order valence-electron chi connectivity index (χ3n) is 4.90. The molecule has 7 nitrogen and oxygen atoms in total. The van der Waals surface area contributed by atoms with E-state index in [1.165, 1.54) is 0 Å². The summed E-state index contributed by atoms with van der Waals surface area (Å²) in [6.45, 7) is 4.20. The van der Waals surface area contributed by atoms with Gasteiger partial charge >= 0.3 is 0 Å². The van der Waals surface area contributed by atoms with Crippen LogP contribution in [0.15, 0.2) is 42.5 Å². The molecule has 1 N–H and O–H groups in total. The summed E-state index contributed by atoms with van der Waals surface area (Å²) < 4.78 is 41.1. The summed E-state index contributed by atoms with van der Waals surface area (Å²) in [5, 5.41) is 0. The third kappa shape index (κ3) is 7.69. The number of sulfonamides is 1. The van der Waals surface area contributed by atoms with Crippen molar-refractivity contribution in [2.75, 3.05) is 39.0 Å². The first-order valence-electron chi connectivity index (χ1n) is 10.1. The second kappa shape index (κ2) is 11.5. The topological polar surface area (TPSA) is 90.9 Å². The van der Waals surface area contributed by atoms with Gasteiger partial charge in [0.2, 0.25) is 10.0 Å². The van der Waals surface area contributed by atoms with Crippen LogP contribution in [0.5, 0.6) is 17.2 Å². The lowest BCUT2D eigenvalue weighted by atomic mass is 9.77. The first-order chi connectivity index (χ1) is 15.1. The van der Waals surface area contributed by atoms with Crippen molar-refractivity contribution in [3.8, 4) is 17.2 Å². The van der Waals surface area contributed by atoms with E-state index in [1.54, 1.807) is 19.2 Å². The van der Waals surface area contributed by atoms with Crippen LogP contribution in [0.4, 0.5) is 0 Å². The molecule has 0 aliphatic heterocycles. The summed E-state index contributed by atoms with van der Waals surface area (Å²) >= 11 is 5.68. The van der Waals surface area contributed by atoms with Crippen LogP contribution in [0.2, 0.25) is 0 Å². The molecule has 0 fully saturated rings. The van der Waals surface area contributed by atoms with Crippen molar-refractivity contribution < 1.29 is 27.4 Å². The number of ether oxygens (including phenoxy) is 3. The summed E-state index contributed by atoms with van der Waals surface area (Å²) in [6, 6.07) is 13.3. The molecule has 0 aliphatic rings. The second-order valence-electron chi connectivity index (χ2n) is 7.82. The summed E-state index contributed by atoms with van der Waals surface area (Å²) in [4.78, 5) is 11.8. The maximum atomic E-state index is 11.8. The van der Waals surface area contributed by atoms with Gasteiger partial charge in [0.25, 0.3) is 0 Å². The van der Waals surface area contributed by atoms with Gasteiger partial charge in [-0.15, -0.1) is 11.6 Å². The molecule has 0 radical (unpaired) electrons. The van der Waals surface area contributed by atoms with Gasteiger partial charge in [0.15, 0.2) is 5.78 Å². The summed E-state index contributed by atoms with van der Waals surface area (Å²) in [5.41, 5.74) is 1.66. The zero-order valence-corrected chi connectivity index (χ0v) is 20.4. The summed E-state index contributed by atoms with van der Waals surface area (Å²) in [5.74, 6) is 2.05. The number of methoxy groups -OCH3 is 1. The fourth-order valence-electron chi connectivity index (χ4n) is 3.07. The Morgan fingerprint density at radius 1 is 1.06 bits per heavy atom. The van der Waals surface area contributed by atoms with E-state index in [0.29, 0.717) is 24.0 Å². The first kappa shape index (κ1) is 26.0. The van der Waals surface area contributed by atoms with E-state index < -0.39 is 10.0 Å². The fourth-order valence-corrected chi connectivity index (χ4v) is 3.60. The molecule has 2 aromatic carbocycles. The lowest BCUT2D eigenvalue weighted by Crippen LogP contribution is -2.31. The third-order valence-corrected chi connectivity index (χ3v) is 5.84. The molecule has 0 amide bonds. The molecule has 0 atom stereocenters. The van der Waals surface area contributed by atoms with Crippen LogP contribution in [0, 0.1) is 0 Å². The van der Waals surface area contributed by atoms with E-state index in [-0.39, 0.29) is 24.3 Å². The largest absolute Gasteiger partial charge is 0.496 e. The van der Waals surface area contributed by atoms with Gasteiger partial charge in [-0.3, -0.25) is 4.79 Å². The Labute approximate surface area is 195 Å². The SMILES string of the molecule is COc1cc(OCC(=O)CNS(C)(=O)=O)ccc1C(C)(C)c1ccc(OCCCCl)cc1. The van der Waals surface area contributed by atoms with Crippen LogP contribution in [0.25, 0.3) is 0 Å². The van der Waals surface area contributed by atoms with Crippen molar-refractivity contribution >= 4 is 27.4 Å². The van der Waals surface area contributed by atoms with Gasteiger partial charge < -0.3 is 14.2 Å². The number of carbonyl (C=O) groups is 1. The van der Waals surface area contributed by atoms with Gasteiger partial charge in [-0.1, -0.05) is 32.0 Å². The number of hydrogen-bond donors (Lipinski definition) is 1. The summed E-state index contributed by atoms with van der Waals surface area (Å²) in [7, 11) is -1.85. The van der Waals surface area contributed by atoms with Gasteiger partial charge in [-0.2, -0.15) is 0 Å². The van der Waals surface area contributed by atoms with Gasteiger partial charge in [0, 0.05) is 22.9 Å². The van der Waals surface area contributed by atoms with Gasteiger partial charge in [0.1, 0.15) is 23.9 Å². The average molecular weight is 484 g/mol. The van der Waals surface area contributed by atoms with Gasteiger partial charge in [-0.05, 0) is 30.2 Å². The van der Waals surface area contributed by atoms with E-state index in [1.807, 2.05) is 30.3 Å². The van der Waals surface area contributed by atoms with Crippen LogP contribution in [0.1, 0.15) is 31.4 Å². The second-order valence-corrected chi connectivity index (χ2v) is 10.0. The monoisotopic (exact) mass is 483 g/mol. The van der Waals surface area contributed by atoms with Crippen LogP contribution in [0.3, 0.4) is 0 Å². The number of rotatable bonds is 13. The highest BCUT2D eigenvalue weighted by atomic mass is 35.5. The molecule has 0 heterocycles. The molecule has 0 unspecified atom stereocenters. The quantitative estimate of drug-likeness (QED) is 0.346. The minimum atomic E-state index is -3.43. The lowest BCUT2D eigenvalue weighted by molar-refractivity contribution is -0.119. The lowest BCUT2D eigenvalue weighted by Gasteiger charge is -2.28. The Kier molecular flexibility index (Phi) is 9.36. The number of ketones is 1. The minimum Gasteiger partial charge on any atom is -0.496 e. The van der Waals surface area contributed by atoms with Crippen molar-refractivity contribution in [3.05, 3.63) is 53.6 Å². The Morgan fingerprint density at radius 3 is 2.31 bits per heavy atom.